The Hall–Kier alpha value is -2.48. The van der Waals surface area contributed by atoms with Crippen molar-refractivity contribution in [3.63, 3.8) is 0 Å². The van der Waals surface area contributed by atoms with Gasteiger partial charge < -0.3 is 14.2 Å². The van der Waals surface area contributed by atoms with Crippen molar-refractivity contribution in [2.24, 2.45) is 4.99 Å². The summed E-state index contributed by atoms with van der Waals surface area (Å²) in [6.45, 7) is 5.25. The summed E-state index contributed by atoms with van der Waals surface area (Å²) in [5, 5.41) is 1.09. The molecule has 0 bridgehead atoms. The highest BCUT2D eigenvalue weighted by atomic mass is 35.5. The van der Waals surface area contributed by atoms with Gasteiger partial charge in [-0.2, -0.15) is 0 Å². The number of aliphatic imine (C=N–C) groups is 1. The Morgan fingerprint density at radius 2 is 2.12 bits per heavy atom. The fourth-order valence-electron chi connectivity index (χ4n) is 3.73. The van der Waals surface area contributed by atoms with Gasteiger partial charge >= 0.3 is 0 Å². The van der Waals surface area contributed by atoms with Crippen molar-refractivity contribution in [2.75, 3.05) is 20.3 Å². The Kier molecular flexibility index (Phi) is 8.19. The first-order valence-corrected chi connectivity index (χ1v) is 12.7. The van der Waals surface area contributed by atoms with Crippen molar-refractivity contribution >= 4 is 46.2 Å². The number of hydrogen-bond acceptors (Lipinski definition) is 6. The van der Waals surface area contributed by atoms with Crippen molar-refractivity contribution in [1.29, 1.82) is 0 Å². The molecule has 0 N–H and O–H groups in total. The van der Waals surface area contributed by atoms with Gasteiger partial charge in [-0.3, -0.25) is 9.69 Å². The lowest BCUT2D eigenvalue weighted by molar-refractivity contribution is -0.123. The van der Waals surface area contributed by atoms with Gasteiger partial charge in [-0.1, -0.05) is 36.7 Å². The predicted octanol–water partition coefficient (Wildman–Crippen LogP) is 6.31. The zero-order chi connectivity index (χ0) is 24.1. The first-order chi connectivity index (χ1) is 16.5. The van der Waals surface area contributed by atoms with Crippen LogP contribution in [0.2, 0.25) is 5.02 Å². The number of nitrogens with zero attached hydrogens (tertiary/aromatic N) is 2. The minimum absolute atomic E-state index is 0.00527. The molecule has 2 aromatic rings. The quantitative estimate of drug-likeness (QED) is 0.397. The van der Waals surface area contributed by atoms with Crippen LogP contribution in [0.1, 0.15) is 38.7 Å². The first-order valence-electron chi connectivity index (χ1n) is 11.5. The molecule has 0 unspecified atom stereocenters. The number of methoxy groups -OCH3 is 1. The molecule has 0 spiro atoms. The number of para-hydroxylation sites is 1. The van der Waals surface area contributed by atoms with Crippen LogP contribution in [0, 0.1) is 0 Å². The molecule has 2 saturated heterocycles. The van der Waals surface area contributed by atoms with E-state index in [1.54, 1.807) is 18.1 Å². The van der Waals surface area contributed by atoms with Gasteiger partial charge in [-0.15, -0.1) is 0 Å². The maximum atomic E-state index is 13.4. The van der Waals surface area contributed by atoms with Gasteiger partial charge in [0.2, 0.25) is 0 Å². The van der Waals surface area contributed by atoms with E-state index in [0.29, 0.717) is 33.1 Å². The number of halogens is 1. The zero-order valence-electron chi connectivity index (χ0n) is 19.6. The van der Waals surface area contributed by atoms with Crippen LogP contribution >= 0.6 is 23.4 Å². The molecule has 0 aliphatic carbocycles. The van der Waals surface area contributed by atoms with Gasteiger partial charge in [0.15, 0.2) is 16.7 Å². The highest BCUT2D eigenvalue weighted by Gasteiger charge is 2.36. The van der Waals surface area contributed by atoms with Crippen molar-refractivity contribution in [1.82, 2.24) is 4.90 Å². The van der Waals surface area contributed by atoms with Gasteiger partial charge in [0.1, 0.15) is 0 Å². The Morgan fingerprint density at radius 1 is 1.32 bits per heavy atom. The van der Waals surface area contributed by atoms with Gasteiger partial charge in [-0.05, 0) is 73.9 Å². The van der Waals surface area contributed by atoms with E-state index in [0.717, 1.165) is 37.1 Å². The minimum Gasteiger partial charge on any atom is -0.493 e. The Morgan fingerprint density at radius 3 is 2.79 bits per heavy atom. The molecule has 34 heavy (non-hydrogen) atoms. The van der Waals surface area contributed by atoms with Crippen LogP contribution in [0.5, 0.6) is 11.5 Å². The van der Waals surface area contributed by atoms with E-state index in [1.807, 2.05) is 56.3 Å². The number of hydrogen-bond donors (Lipinski definition) is 0. The van der Waals surface area contributed by atoms with Crippen LogP contribution in [0.3, 0.4) is 0 Å². The zero-order valence-corrected chi connectivity index (χ0v) is 21.2. The van der Waals surface area contributed by atoms with E-state index < -0.39 is 0 Å². The number of rotatable bonds is 8. The predicted molar refractivity (Wildman–Crippen MR) is 138 cm³/mol. The summed E-state index contributed by atoms with van der Waals surface area (Å²) < 4.78 is 17.3. The molecule has 0 aromatic heterocycles. The maximum absolute atomic E-state index is 13.4. The summed E-state index contributed by atoms with van der Waals surface area (Å²) in [6.07, 6.45) is 4.65. The third-order valence-corrected chi connectivity index (χ3v) is 7.01. The molecule has 0 radical (unpaired) electrons. The number of thioether (sulfide) groups is 1. The summed E-state index contributed by atoms with van der Waals surface area (Å²) in [4.78, 5) is 20.4. The topological polar surface area (TPSA) is 60.4 Å². The summed E-state index contributed by atoms with van der Waals surface area (Å²) in [5.74, 6) is 0.951. The fourth-order valence-corrected chi connectivity index (χ4v) is 5.00. The molecule has 2 heterocycles. The smallest absolute Gasteiger partial charge is 0.266 e. The van der Waals surface area contributed by atoms with Crippen LogP contribution in [0.4, 0.5) is 5.69 Å². The van der Waals surface area contributed by atoms with Crippen LogP contribution in [-0.2, 0) is 9.53 Å². The summed E-state index contributed by atoms with van der Waals surface area (Å²) in [7, 11) is 1.58. The van der Waals surface area contributed by atoms with Gasteiger partial charge in [-0.25, -0.2) is 4.99 Å². The molecule has 2 aromatic carbocycles. The first kappa shape index (κ1) is 24.6. The largest absolute Gasteiger partial charge is 0.493 e. The van der Waals surface area contributed by atoms with E-state index in [-0.39, 0.29) is 18.1 Å². The second kappa shape index (κ2) is 11.3. The summed E-state index contributed by atoms with van der Waals surface area (Å²) >= 11 is 7.89. The second-order valence-corrected chi connectivity index (χ2v) is 9.68. The maximum Gasteiger partial charge on any atom is 0.266 e. The van der Waals surface area contributed by atoms with E-state index in [1.165, 1.54) is 11.8 Å². The van der Waals surface area contributed by atoms with Crippen LogP contribution in [0.25, 0.3) is 6.08 Å². The molecule has 8 heteroatoms. The standard InChI is InChI=1S/C26H29ClN2O4S/c1-4-17(2)33-24-21(27)13-18(14-22(24)31-3)15-23-25(30)29(16-20-11-8-12-32-20)26(34-23)28-19-9-6-5-7-10-19/h5-7,9-10,13-15,17,20H,4,8,11-12,16H2,1-3H3/b23-15-,28-26?/t17-,20-/m0/s1. The lowest BCUT2D eigenvalue weighted by atomic mass is 10.1. The molecule has 1 amide bonds. The number of benzene rings is 2. The number of carbonyl (C=O) groups is 1. The fraction of sp³-hybridized carbons (Fsp3) is 0.385. The molecule has 4 rings (SSSR count). The Labute approximate surface area is 209 Å². The third kappa shape index (κ3) is 5.77. The molecule has 180 valence electrons. The number of amidine groups is 1. The van der Waals surface area contributed by atoms with Crippen LogP contribution in [0.15, 0.2) is 52.4 Å². The normalized spacial score (nSPS) is 21.5. The van der Waals surface area contributed by atoms with Crippen LogP contribution in [-0.4, -0.2) is 48.4 Å². The lowest BCUT2D eigenvalue weighted by Crippen LogP contribution is -2.36. The molecular weight excluding hydrogens is 472 g/mol. The van der Waals surface area contributed by atoms with Crippen molar-refractivity contribution in [3.05, 3.63) is 58.0 Å². The van der Waals surface area contributed by atoms with E-state index >= 15 is 0 Å². The Balaban J connectivity index is 1.65. The Bertz CT molecular complexity index is 1080. The summed E-state index contributed by atoms with van der Waals surface area (Å²) in [5.41, 5.74) is 1.56. The third-order valence-electron chi connectivity index (χ3n) is 5.72. The van der Waals surface area contributed by atoms with Crippen molar-refractivity contribution in [3.8, 4) is 11.5 Å². The van der Waals surface area contributed by atoms with E-state index in [9.17, 15) is 4.79 Å². The van der Waals surface area contributed by atoms with Crippen molar-refractivity contribution < 1.29 is 19.0 Å². The molecule has 0 saturated carbocycles. The molecule has 2 fully saturated rings. The average Bonchev–Trinajstić information content (AvgIpc) is 3.45. The molecule has 2 aliphatic rings. The molecule has 2 aliphatic heterocycles. The highest BCUT2D eigenvalue weighted by molar-refractivity contribution is 8.18. The van der Waals surface area contributed by atoms with E-state index in [2.05, 4.69) is 0 Å². The number of carbonyl (C=O) groups excluding carboxylic acids is 1. The lowest BCUT2D eigenvalue weighted by Gasteiger charge is -2.19. The van der Waals surface area contributed by atoms with Gasteiger partial charge in [0.25, 0.3) is 5.91 Å². The minimum atomic E-state index is -0.0924. The average molecular weight is 501 g/mol. The van der Waals surface area contributed by atoms with E-state index in [4.69, 9.17) is 30.8 Å². The molecular formula is C26H29ClN2O4S. The van der Waals surface area contributed by atoms with Gasteiger partial charge in [0, 0.05) is 6.61 Å². The molecule has 6 nitrogen and oxygen atoms in total. The van der Waals surface area contributed by atoms with Crippen LogP contribution < -0.4 is 9.47 Å². The second-order valence-electron chi connectivity index (χ2n) is 8.26. The monoisotopic (exact) mass is 500 g/mol. The summed E-state index contributed by atoms with van der Waals surface area (Å²) in [6, 6.07) is 13.3. The van der Waals surface area contributed by atoms with Crippen molar-refractivity contribution in [2.45, 2.75) is 45.3 Å². The highest BCUT2D eigenvalue weighted by Crippen LogP contribution is 2.40. The number of ether oxygens (including phenoxy) is 3. The molecule has 2 atom stereocenters. The number of amides is 1. The van der Waals surface area contributed by atoms with Gasteiger partial charge in [0.05, 0.1) is 41.5 Å². The SMILES string of the molecule is CC[C@H](C)Oc1c(Cl)cc(/C=C2\SC(=Nc3ccccc3)N(C[C@@H]3CCCO3)C2=O)cc1OC.